The van der Waals surface area contributed by atoms with Crippen molar-refractivity contribution >= 4 is 35.0 Å². The number of carbonyl (C=O) groups is 3. The van der Waals surface area contributed by atoms with Crippen molar-refractivity contribution in [3.05, 3.63) is 41.4 Å². The number of nitrogens with zero attached hydrogens (tertiary/aromatic N) is 2. The highest BCUT2D eigenvalue weighted by Gasteiger charge is 2.72. The van der Waals surface area contributed by atoms with Crippen LogP contribution in [0.25, 0.3) is 0 Å². The van der Waals surface area contributed by atoms with Crippen LogP contribution in [0.2, 0.25) is 5.02 Å². The van der Waals surface area contributed by atoms with Crippen LogP contribution in [-0.2, 0) is 19.1 Å². The van der Waals surface area contributed by atoms with Gasteiger partial charge in [0, 0.05) is 23.3 Å². The summed E-state index contributed by atoms with van der Waals surface area (Å²) in [7, 11) is 2.09. The number of hydrogen-bond acceptors (Lipinski definition) is 5. The van der Waals surface area contributed by atoms with Crippen LogP contribution in [0, 0.1) is 23.7 Å². The molecule has 4 aliphatic rings. The maximum absolute atomic E-state index is 14.2. The van der Waals surface area contributed by atoms with Crippen LogP contribution in [0.4, 0.5) is 5.69 Å². The smallest absolute Gasteiger partial charge is 0.246 e. The fourth-order valence-electron chi connectivity index (χ4n) is 7.36. The largest absolute Gasteiger partial charge is 0.359 e. The Morgan fingerprint density at radius 1 is 1.12 bits per heavy atom. The predicted octanol–water partition coefficient (Wildman–Crippen LogP) is 4.49. The van der Waals surface area contributed by atoms with Crippen LogP contribution in [0.1, 0.15) is 59.3 Å². The number of benzene rings is 1. The quantitative estimate of drug-likeness (QED) is 0.374. The Balaban J connectivity index is 1.38. The zero-order valence-corrected chi connectivity index (χ0v) is 25.5. The number of carbonyl (C=O) groups excluding carboxylic acids is 3. The topological polar surface area (TPSA) is 91.0 Å². The van der Waals surface area contributed by atoms with Crippen LogP contribution in [0.5, 0.6) is 0 Å². The van der Waals surface area contributed by atoms with Gasteiger partial charge in [-0.1, -0.05) is 63.8 Å². The lowest BCUT2D eigenvalue weighted by Gasteiger charge is -2.38. The third-order valence-corrected chi connectivity index (χ3v) is 10.2. The van der Waals surface area contributed by atoms with Gasteiger partial charge in [0.2, 0.25) is 17.7 Å². The number of ether oxygens (including phenoxy) is 1. The second kappa shape index (κ2) is 12.4. The molecule has 8 unspecified atom stereocenters. The molecule has 2 saturated heterocycles. The molecule has 1 aromatic rings. The normalized spacial score (nSPS) is 33.9. The summed E-state index contributed by atoms with van der Waals surface area (Å²) in [6, 6.07) is 6.15. The predicted molar refractivity (Wildman–Crippen MR) is 160 cm³/mol. The fraction of sp³-hybridized carbons (Fsp3) is 0.656. The monoisotopic (exact) mass is 584 g/mol. The lowest BCUT2D eigenvalue weighted by atomic mass is 9.73. The van der Waals surface area contributed by atoms with Gasteiger partial charge >= 0.3 is 0 Å². The third-order valence-electron chi connectivity index (χ3n) is 9.90. The molecule has 41 heavy (non-hydrogen) atoms. The fourth-order valence-corrected chi connectivity index (χ4v) is 7.49. The van der Waals surface area contributed by atoms with E-state index < -0.39 is 29.6 Å². The van der Waals surface area contributed by atoms with Crippen LogP contribution in [0.15, 0.2) is 36.4 Å². The molecule has 3 fully saturated rings. The van der Waals surface area contributed by atoms with Gasteiger partial charge in [-0.25, -0.2) is 0 Å². The molecule has 3 amide bonds. The standard InChI is InChI=1S/C32H45ClN4O4/c1-5-6-17-36(4)18-8-19-37-28(30(39)35-24-10-7-9-20(2)21(24)3)32-16-15-25(41-32)26(27(32)31(37)40)29(38)34-23-13-11-22(33)12-14-23/h11-16,20-21,24-28H,5-10,17-19H2,1-4H3,(H,34,38)(H,35,39). The molecule has 224 valence electrons. The van der Waals surface area contributed by atoms with Crippen molar-refractivity contribution in [1.29, 1.82) is 0 Å². The van der Waals surface area contributed by atoms with Crippen molar-refractivity contribution < 1.29 is 19.1 Å². The van der Waals surface area contributed by atoms with E-state index in [0.29, 0.717) is 29.1 Å². The number of unbranched alkanes of at least 4 members (excludes halogenated alkanes) is 1. The number of hydrogen-bond donors (Lipinski definition) is 2. The van der Waals surface area contributed by atoms with E-state index in [1.54, 1.807) is 29.2 Å². The zero-order chi connectivity index (χ0) is 29.3. The van der Waals surface area contributed by atoms with Gasteiger partial charge in [0.05, 0.1) is 17.9 Å². The number of anilines is 1. The maximum Gasteiger partial charge on any atom is 0.246 e. The molecular formula is C32H45ClN4O4. The molecular weight excluding hydrogens is 540 g/mol. The molecule has 0 radical (unpaired) electrons. The molecule has 1 spiro atoms. The van der Waals surface area contributed by atoms with Crippen molar-refractivity contribution in [2.24, 2.45) is 23.7 Å². The number of fused-ring (bicyclic) bond motifs is 1. The Morgan fingerprint density at radius 3 is 2.59 bits per heavy atom. The van der Waals surface area contributed by atoms with Crippen LogP contribution in [0.3, 0.4) is 0 Å². The summed E-state index contributed by atoms with van der Waals surface area (Å²) >= 11 is 6.02. The molecule has 3 aliphatic heterocycles. The Kier molecular flexibility index (Phi) is 9.12. The highest BCUT2D eigenvalue weighted by Crippen LogP contribution is 2.55. The van der Waals surface area contributed by atoms with Gasteiger partial charge in [-0.3, -0.25) is 14.4 Å². The average Bonchev–Trinajstić information content (AvgIpc) is 3.59. The van der Waals surface area contributed by atoms with Gasteiger partial charge in [-0.2, -0.15) is 0 Å². The first-order chi connectivity index (χ1) is 19.7. The SMILES string of the molecule is CCCCN(C)CCCN1C(=O)C2C(C(=O)Nc3ccc(Cl)cc3)C3C=CC2(O3)C1C(=O)NC1CCCC(C)C1C. The van der Waals surface area contributed by atoms with Crippen LogP contribution in [-0.4, -0.2) is 78.0 Å². The summed E-state index contributed by atoms with van der Waals surface area (Å²) < 4.78 is 6.50. The number of likely N-dealkylation sites (tertiary alicyclic amines) is 1. The Hall–Kier alpha value is -2.42. The van der Waals surface area contributed by atoms with E-state index in [1.165, 1.54) is 0 Å². The Morgan fingerprint density at radius 2 is 1.85 bits per heavy atom. The van der Waals surface area contributed by atoms with E-state index in [-0.39, 0.29) is 23.8 Å². The van der Waals surface area contributed by atoms with Crippen molar-refractivity contribution in [2.45, 2.75) is 83.1 Å². The number of rotatable bonds is 11. The minimum absolute atomic E-state index is 0.0606. The van der Waals surface area contributed by atoms with E-state index in [9.17, 15) is 14.4 Å². The van der Waals surface area contributed by atoms with Crippen molar-refractivity contribution in [1.82, 2.24) is 15.1 Å². The van der Waals surface area contributed by atoms with E-state index in [2.05, 4.69) is 43.4 Å². The van der Waals surface area contributed by atoms with Gasteiger partial charge in [0.1, 0.15) is 11.6 Å². The summed E-state index contributed by atoms with van der Waals surface area (Å²) in [4.78, 5) is 45.9. The maximum atomic E-state index is 14.2. The molecule has 5 rings (SSSR count). The molecule has 1 saturated carbocycles. The van der Waals surface area contributed by atoms with Crippen molar-refractivity contribution in [3.8, 4) is 0 Å². The second-order valence-corrected chi connectivity index (χ2v) is 13.1. The molecule has 2 N–H and O–H groups in total. The lowest BCUT2D eigenvalue weighted by molar-refractivity contribution is -0.141. The minimum Gasteiger partial charge on any atom is -0.359 e. The van der Waals surface area contributed by atoms with Crippen molar-refractivity contribution in [2.75, 3.05) is 32.0 Å². The van der Waals surface area contributed by atoms with E-state index in [1.807, 2.05) is 12.2 Å². The second-order valence-electron chi connectivity index (χ2n) is 12.6. The Bertz CT molecular complexity index is 1160. The van der Waals surface area contributed by atoms with Gasteiger partial charge in [0.25, 0.3) is 0 Å². The van der Waals surface area contributed by atoms with E-state index in [4.69, 9.17) is 16.3 Å². The van der Waals surface area contributed by atoms with Crippen LogP contribution < -0.4 is 10.6 Å². The molecule has 8 atom stereocenters. The van der Waals surface area contributed by atoms with Gasteiger partial charge in [-0.05, 0) is 75.5 Å². The molecule has 1 aliphatic carbocycles. The average molecular weight is 585 g/mol. The van der Waals surface area contributed by atoms with Gasteiger partial charge in [0.15, 0.2) is 0 Å². The number of nitrogens with one attached hydrogen (secondary N) is 2. The van der Waals surface area contributed by atoms with Crippen molar-refractivity contribution in [3.63, 3.8) is 0 Å². The first-order valence-electron chi connectivity index (χ1n) is 15.4. The van der Waals surface area contributed by atoms with Gasteiger partial charge in [-0.15, -0.1) is 0 Å². The highest BCUT2D eigenvalue weighted by molar-refractivity contribution is 6.30. The first kappa shape index (κ1) is 30.1. The molecule has 3 heterocycles. The summed E-state index contributed by atoms with van der Waals surface area (Å²) in [6.45, 7) is 8.88. The Labute approximate surface area is 249 Å². The minimum atomic E-state index is -1.15. The summed E-state index contributed by atoms with van der Waals surface area (Å²) in [6.07, 6.45) is 9.36. The summed E-state index contributed by atoms with van der Waals surface area (Å²) in [5.41, 5.74) is -0.543. The lowest BCUT2D eigenvalue weighted by Crippen LogP contribution is -2.58. The summed E-state index contributed by atoms with van der Waals surface area (Å²) in [5.74, 6) is -1.21. The summed E-state index contributed by atoms with van der Waals surface area (Å²) in [5, 5.41) is 6.85. The highest BCUT2D eigenvalue weighted by atomic mass is 35.5. The molecule has 0 aromatic heterocycles. The third kappa shape index (κ3) is 5.80. The zero-order valence-electron chi connectivity index (χ0n) is 24.8. The molecule has 2 bridgehead atoms. The van der Waals surface area contributed by atoms with E-state index >= 15 is 0 Å². The first-order valence-corrected chi connectivity index (χ1v) is 15.8. The number of amides is 3. The molecule has 8 nitrogen and oxygen atoms in total. The number of halogens is 1. The van der Waals surface area contributed by atoms with E-state index in [0.717, 1.165) is 51.6 Å². The van der Waals surface area contributed by atoms with Gasteiger partial charge < -0.3 is 25.2 Å². The molecule has 1 aromatic carbocycles. The van der Waals surface area contributed by atoms with Crippen LogP contribution >= 0.6 is 11.6 Å². The molecule has 9 heteroatoms.